The molecule has 0 unspecified atom stereocenters. The fourth-order valence-corrected chi connectivity index (χ4v) is 2.61. The molecule has 0 amide bonds. The number of hydrogen-bond donors (Lipinski definition) is 0. The summed E-state index contributed by atoms with van der Waals surface area (Å²) in [7, 11) is 0.0472. The lowest BCUT2D eigenvalue weighted by Gasteiger charge is -2.10. The van der Waals surface area contributed by atoms with E-state index < -0.39 is 0 Å². The third-order valence-corrected chi connectivity index (χ3v) is 3.97. The van der Waals surface area contributed by atoms with Gasteiger partial charge in [-0.2, -0.15) is 0 Å². The summed E-state index contributed by atoms with van der Waals surface area (Å²) in [5.74, 6) is 0. The molecule has 0 aliphatic rings. The number of allylic oxidation sites excluding steroid dienone is 1. The van der Waals surface area contributed by atoms with Crippen LogP contribution in [0.5, 0.6) is 0 Å². The first-order valence-corrected chi connectivity index (χ1v) is 6.19. The molecule has 64 valence electrons. The van der Waals surface area contributed by atoms with Crippen molar-refractivity contribution in [2.24, 2.45) is 0 Å². The van der Waals surface area contributed by atoms with Crippen molar-refractivity contribution in [1.82, 2.24) is 0 Å². The Hall–Kier alpha value is -0.610. The van der Waals surface area contributed by atoms with E-state index in [1.807, 2.05) is 6.08 Å². The van der Waals surface area contributed by atoms with E-state index in [0.717, 1.165) is 6.42 Å². The van der Waals surface area contributed by atoms with E-state index in [0.29, 0.717) is 0 Å². The summed E-state index contributed by atoms with van der Waals surface area (Å²) in [4.78, 5) is 0. The van der Waals surface area contributed by atoms with Crippen LogP contribution in [0.2, 0.25) is 0 Å². The summed E-state index contributed by atoms with van der Waals surface area (Å²) in [5, 5.41) is 1.49. The van der Waals surface area contributed by atoms with E-state index in [-0.39, 0.29) is 7.92 Å². The van der Waals surface area contributed by atoms with Gasteiger partial charge in [-0.1, -0.05) is 44.3 Å². The molecule has 0 aromatic heterocycles. The van der Waals surface area contributed by atoms with Gasteiger partial charge in [-0.25, -0.2) is 0 Å². The molecule has 0 N–H and O–H groups in total. The molecule has 0 heterocycles. The van der Waals surface area contributed by atoms with Gasteiger partial charge >= 0.3 is 0 Å². The van der Waals surface area contributed by atoms with Gasteiger partial charge in [0, 0.05) is 0 Å². The van der Waals surface area contributed by atoms with E-state index in [2.05, 4.69) is 43.6 Å². The highest BCUT2D eigenvalue weighted by molar-refractivity contribution is 7.64. The zero-order valence-electron chi connectivity index (χ0n) is 7.53. The van der Waals surface area contributed by atoms with Gasteiger partial charge in [0.25, 0.3) is 0 Å². The summed E-state index contributed by atoms with van der Waals surface area (Å²) in [5.41, 5.74) is 0. The lowest BCUT2D eigenvalue weighted by molar-refractivity contribution is 1.24. The topological polar surface area (TPSA) is 0 Å². The van der Waals surface area contributed by atoms with Crippen LogP contribution < -0.4 is 5.30 Å². The van der Waals surface area contributed by atoms with Gasteiger partial charge in [0.05, 0.1) is 0 Å². The lowest BCUT2D eigenvalue weighted by Crippen LogP contribution is -2.00. The molecule has 0 aliphatic heterocycles. The Balaban J connectivity index is 2.53. The van der Waals surface area contributed by atoms with E-state index in [4.69, 9.17) is 0 Å². The Bertz CT molecular complexity index is 228. The quantitative estimate of drug-likeness (QED) is 0.491. The standard InChI is InChI=1S/C11H15P/c1-3-4-10-12(2)11-8-6-5-7-9-11/h3,5-9H,1,4,10H2,2H3/t12-/m0/s1. The van der Waals surface area contributed by atoms with Gasteiger partial charge in [-0.15, -0.1) is 6.58 Å². The molecule has 1 rings (SSSR count). The molecule has 0 saturated carbocycles. The Kier molecular flexibility index (Phi) is 4.04. The summed E-state index contributed by atoms with van der Waals surface area (Å²) in [6.45, 7) is 6.06. The van der Waals surface area contributed by atoms with Gasteiger partial charge < -0.3 is 0 Å². The first-order valence-electron chi connectivity index (χ1n) is 4.21. The minimum Gasteiger partial charge on any atom is -0.103 e. The minimum absolute atomic E-state index is 0.0472. The normalized spacial score (nSPS) is 12.4. The van der Waals surface area contributed by atoms with Crippen LogP contribution in [0.25, 0.3) is 0 Å². The summed E-state index contributed by atoms with van der Waals surface area (Å²) in [6.07, 6.45) is 4.40. The van der Waals surface area contributed by atoms with Crippen molar-refractivity contribution >= 4 is 13.2 Å². The van der Waals surface area contributed by atoms with Crippen LogP contribution >= 0.6 is 7.92 Å². The molecule has 0 aliphatic carbocycles. The van der Waals surface area contributed by atoms with Crippen molar-refractivity contribution in [1.29, 1.82) is 0 Å². The van der Waals surface area contributed by atoms with Crippen molar-refractivity contribution in [3.63, 3.8) is 0 Å². The van der Waals surface area contributed by atoms with Gasteiger partial charge in [-0.3, -0.25) is 0 Å². The van der Waals surface area contributed by atoms with Crippen LogP contribution in [0.1, 0.15) is 6.42 Å². The molecule has 1 heteroatoms. The average Bonchev–Trinajstić information content (AvgIpc) is 2.15. The molecule has 1 atom stereocenters. The second-order valence-electron chi connectivity index (χ2n) is 2.83. The van der Waals surface area contributed by atoms with Crippen LogP contribution in [-0.2, 0) is 0 Å². The maximum atomic E-state index is 3.74. The molecule has 0 saturated heterocycles. The monoisotopic (exact) mass is 178 g/mol. The molecule has 1 aromatic carbocycles. The second kappa shape index (κ2) is 5.11. The zero-order valence-corrected chi connectivity index (χ0v) is 8.43. The van der Waals surface area contributed by atoms with E-state index in [1.165, 1.54) is 11.5 Å². The van der Waals surface area contributed by atoms with Crippen LogP contribution in [0.15, 0.2) is 43.0 Å². The van der Waals surface area contributed by atoms with Crippen LogP contribution in [0.3, 0.4) is 0 Å². The molecule has 0 spiro atoms. The Morgan fingerprint density at radius 1 is 1.33 bits per heavy atom. The maximum absolute atomic E-state index is 3.74. The highest BCUT2D eigenvalue weighted by Gasteiger charge is 2.00. The van der Waals surface area contributed by atoms with Gasteiger partial charge in [0.1, 0.15) is 0 Å². The number of benzene rings is 1. The molecule has 0 fully saturated rings. The van der Waals surface area contributed by atoms with E-state index >= 15 is 0 Å². The predicted octanol–water partition coefficient (Wildman–Crippen LogP) is 3.00. The van der Waals surface area contributed by atoms with Crippen molar-refractivity contribution in [2.75, 3.05) is 12.8 Å². The SMILES string of the molecule is C=CCC[P@](C)c1ccccc1. The molecule has 0 bridgehead atoms. The fourth-order valence-electron chi connectivity index (χ4n) is 1.10. The lowest BCUT2D eigenvalue weighted by atomic mass is 10.4. The molecular weight excluding hydrogens is 163 g/mol. The van der Waals surface area contributed by atoms with Gasteiger partial charge in [0.2, 0.25) is 0 Å². The Labute approximate surface area is 76.1 Å². The van der Waals surface area contributed by atoms with Crippen LogP contribution in [0, 0.1) is 0 Å². The van der Waals surface area contributed by atoms with Crippen molar-refractivity contribution in [3.05, 3.63) is 43.0 Å². The summed E-state index contributed by atoms with van der Waals surface area (Å²) >= 11 is 0. The Morgan fingerprint density at radius 2 is 2.00 bits per heavy atom. The fraction of sp³-hybridized carbons (Fsp3) is 0.273. The first kappa shape index (κ1) is 9.48. The van der Waals surface area contributed by atoms with Crippen molar-refractivity contribution < 1.29 is 0 Å². The number of hydrogen-bond acceptors (Lipinski definition) is 0. The van der Waals surface area contributed by atoms with Crippen LogP contribution in [-0.4, -0.2) is 12.8 Å². The largest absolute Gasteiger partial charge is 0.103 e. The second-order valence-corrected chi connectivity index (χ2v) is 5.19. The smallest absolute Gasteiger partial charge is 0.0243 e. The first-order chi connectivity index (χ1) is 5.84. The van der Waals surface area contributed by atoms with Gasteiger partial charge in [-0.05, 0) is 24.6 Å². The van der Waals surface area contributed by atoms with Crippen molar-refractivity contribution in [2.45, 2.75) is 6.42 Å². The summed E-state index contributed by atoms with van der Waals surface area (Å²) < 4.78 is 0. The third-order valence-electron chi connectivity index (χ3n) is 1.87. The third kappa shape index (κ3) is 2.79. The molecule has 0 nitrogen and oxygen atoms in total. The maximum Gasteiger partial charge on any atom is -0.0243 e. The molecular formula is C11H15P. The minimum atomic E-state index is 0.0472. The molecule has 1 aromatic rings. The highest BCUT2D eigenvalue weighted by Crippen LogP contribution is 2.29. The van der Waals surface area contributed by atoms with E-state index in [1.54, 1.807) is 0 Å². The highest BCUT2D eigenvalue weighted by atomic mass is 31.1. The molecule has 12 heavy (non-hydrogen) atoms. The zero-order chi connectivity index (χ0) is 8.81. The van der Waals surface area contributed by atoms with Gasteiger partial charge in [0.15, 0.2) is 0 Å². The van der Waals surface area contributed by atoms with Crippen molar-refractivity contribution in [3.8, 4) is 0 Å². The predicted molar refractivity (Wildman–Crippen MR) is 58.6 cm³/mol. The molecule has 0 radical (unpaired) electrons. The van der Waals surface area contributed by atoms with E-state index in [9.17, 15) is 0 Å². The van der Waals surface area contributed by atoms with Crippen LogP contribution in [0.4, 0.5) is 0 Å². The Morgan fingerprint density at radius 3 is 2.58 bits per heavy atom. The average molecular weight is 178 g/mol. The number of rotatable bonds is 4. The summed E-state index contributed by atoms with van der Waals surface area (Å²) in [6, 6.07) is 10.7.